The van der Waals surface area contributed by atoms with Crippen molar-refractivity contribution in [2.45, 2.75) is 38.0 Å². The number of hydrogen-bond donors (Lipinski definition) is 0. The van der Waals surface area contributed by atoms with E-state index < -0.39 is 17.4 Å². The summed E-state index contributed by atoms with van der Waals surface area (Å²) in [5.41, 5.74) is 2.33. The Labute approximate surface area is 182 Å². The van der Waals surface area contributed by atoms with Gasteiger partial charge in [-0.2, -0.15) is 0 Å². The second kappa shape index (κ2) is 7.31. The number of fused-ring (bicyclic) bond motifs is 1. The van der Waals surface area contributed by atoms with Crippen molar-refractivity contribution in [3.05, 3.63) is 72.1 Å². The summed E-state index contributed by atoms with van der Waals surface area (Å²) in [6.07, 6.45) is 7.07. The first-order chi connectivity index (χ1) is 14.9. The molecule has 2 fully saturated rings. The number of carbonyl (C=O) groups is 2. The van der Waals surface area contributed by atoms with Gasteiger partial charge >= 0.3 is 0 Å². The van der Waals surface area contributed by atoms with Crippen LogP contribution in [-0.2, 0) is 20.9 Å². The first kappa shape index (κ1) is 19.9. The predicted octanol–water partition coefficient (Wildman–Crippen LogP) is 3.15. The van der Waals surface area contributed by atoms with Crippen molar-refractivity contribution in [3.8, 4) is 0 Å². The largest absolute Gasteiger partial charge is 0.360 e. The molecule has 2 saturated heterocycles. The van der Waals surface area contributed by atoms with E-state index in [1.807, 2.05) is 36.4 Å². The topological polar surface area (TPSA) is 62.7 Å². The first-order valence-electron chi connectivity index (χ1n) is 10.8. The number of aromatic nitrogens is 1. The van der Waals surface area contributed by atoms with E-state index in [0.29, 0.717) is 19.0 Å². The van der Waals surface area contributed by atoms with Gasteiger partial charge in [0.25, 0.3) is 0 Å². The van der Waals surface area contributed by atoms with Crippen LogP contribution in [0.3, 0.4) is 0 Å². The average Bonchev–Trinajstić information content (AvgIpc) is 3.42. The minimum Gasteiger partial charge on any atom is -0.360 e. The van der Waals surface area contributed by atoms with Crippen molar-refractivity contribution in [3.63, 3.8) is 0 Å². The number of amides is 2. The third-order valence-electron chi connectivity index (χ3n) is 6.78. The van der Waals surface area contributed by atoms with Gasteiger partial charge in [0.2, 0.25) is 11.8 Å². The molecule has 2 aromatic rings. The number of hydrogen-bond acceptors (Lipinski definition) is 4. The fourth-order valence-electron chi connectivity index (χ4n) is 5.14. The highest BCUT2D eigenvalue weighted by molar-refractivity contribution is 6.03. The second-order valence-corrected chi connectivity index (χ2v) is 9.13. The molecular weight excluding hydrogens is 390 g/mol. The number of benzene rings is 1. The smallest absolute Gasteiger partial charge is 0.234 e. The first-order valence-corrected chi connectivity index (χ1v) is 10.8. The van der Waals surface area contributed by atoms with Crippen LogP contribution in [0, 0.1) is 11.8 Å². The number of nitrogens with zero attached hydrogens (tertiary/aromatic N) is 3. The minimum absolute atomic E-state index is 0.0303. The van der Waals surface area contributed by atoms with Crippen molar-refractivity contribution in [1.29, 1.82) is 0 Å². The maximum absolute atomic E-state index is 13.5. The molecule has 6 nitrogen and oxygen atoms in total. The summed E-state index contributed by atoms with van der Waals surface area (Å²) in [6, 6.07) is 11.9. The summed E-state index contributed by atoms with van der Waals surface area (Å²) in [4.78, 5) is 34.5. The molecule has 3 aliphatic heterocycles. The van der Waals surface area contributed by atoms with Crippen LogP contribution in [0.15, 0.2) is 60.9 Å². The molecule has 2 bridgehead atoms. The zero-order valence-corrected chi connectivity index (χ0v) is 18.1. The average molecular weight is 418 g/mol. The molecule has 0 aliphatic carbocycles. The Bertz CT molecular complexity index is 1030. The van der Waals surface area contributed by atoms with Crippen LogP contribution in [0.5, 0.6) is 0 Å². The van der Waals surface area contributed by atoms with Gasteiger partial charge in [-0.3, -0.25) is 14.6 Å². The van der Waals surface area contributed by atoms with Crippen LogP contribution >= 0.6 is 0 Å². The Kier molecular flexibility index (Phi) is 4.70. The van der Waals surface area contributed by atoms with Crippen molar-refractivity contribution in [2.24, 2.45) is 11.8 Å². The van der Waals surface area contributed by atoms with E-state index in [9.17, 15) is 9.59 Å². The van der Waals surface area contributed by atoms with Crippen molar-refractivity contribution in [1.82, 2.24) is 9.88 Å². The molecule has 1 spiro atoms. The standard InChI is InChI=1S/C25H27N3O3/c1-16(2)18-6-8-19(9-7-18)28-15-25-11-10-20(31-25)21(22(25)24(28)30)23(29)27(3)14-17-5-4-12-26-13-17/h4-13,16,20-22H,14-15H2,1-3H3/t20-,21?,22?,25-/m1/s1. The molecule has 0 radical (unpaired) electrons. The molecule has 31 heavy (non-hydrogen) atoms. The summed E-state index contributed by atoms with van der Waals surface area (Å²) in [5.74, 6) is -0.650. The van der Waals surface area contributed by atoms with E-state index >= 15 is 0 Å². The van der Waals surface area contributed by atoms with Gasteiger partial charge in [0, 0.05) is 31.7 Å². The summed E-state index contributed by atoms with van der Waals surface area (Å²) >= 11 is 0. The maximum Gasteiger partial charge on any atom is 0.234 e. The van der Waals surface area contributed by atoms with Gasteiger partial charge in [-0.15, -0.1) is 0 Å². The van der Waals surface area contributed by atoms with Crippen molar-refractivity contribution >= 4 is 17.5 Å². The normalized spacial score (nSPS) is 28.5. The van der Waals surface area contributed by atoms with Crippen LogP contribution in [0.25, 0.3) is 0 Å². The zero-order valence-electron chi connectivity index (χ0n) is 18.1. The summed E-state index contributed by atoms with van der Waals surface area (Å²) in [7, 11) is 1.78. The lowest BCUT2D eigenvalue weighted by Crippen LogP contribution is -2.44. The molecule has 5 rings (SSSR count). The fraction of sp³-hybridized carbons (Fsp3) is 0.400. The summed E-state index contributed by atoms with van der Waals surface area (Å²) in [5, 5.41) is 0. The number of rotatable bonds is 5. The quantitative estimate of drug-likeness (QED) is 0.701. The van der Waals surface area contributed by atoms with Crippen LogP contribution < -0.4 is 4.90 Å². The molecule has 1 aromatic carbocycles. The molecule has 4 heterocycles. The van der Waals surface area contributed by atoms with Gasteiger partial charge in [0.15, 0.2) is 0 Å². The van der Waals surface area contributed by atoms with E-state index in [2.05, 4.69) is 31.0 Å². The third-order valence-corrected chi connectivity index (χ3v) is 6.78. The predicted molar refractivity (Wildman–Crippen MR) is 117 cm³/mol. The summed E-state index contributed by atoms with van der Waals surface area (Å²) < 4.78 is 6.27. The van der Waals surface area contributed by atoms with Crippen LogP contribution in [0.4, 0.5) is 5.69 Å². The van der Waals surface area contributed by atoms with Gasteiger partial charge in [-0.25, -0.2) is 0 Å². The number of anilines is 1. The lowest BCUT2D eigenvalue weighted by atomic mass is 9.76. The number of pyridine rings is 1. The Morgan fingerprint density at radius 3 is 2.74 bits per heavy atom. The molecule has 3 aliphatic rings. The highest BCUT2D eigenvalue weighted by Gasteiger charge is 2.67. The molecule has 160 valence electrons. The molecule has 2 unspecified atom stereocenters. The van der Waals surface area contributed by atoms with Gasteiger partial charge in [0.1, 0.15) is 5.60 Å². The highest BCUT2D eigenvalue weighted by atomic mass is 16.5. The SMILES string of the molecule is CC(C)c1ccc(N2C[C@@]34C=C[C@@H](O3)C(C(=O)N(C)Cc3cccnc3)C4C2=O)cc1. The lowest BCUT2D eigenvalue weighted by Gasteiger charge is -2.27. The number of ether oxygens (including phenoxy) is 1. The molecule has 0 saturated carbocycles. The molecule has 4 atom stereocenters. The Morgan fingerprint density at radius 1 is 1.29 bits per heavy atom. The van der Waals surface area contributed by atoms with E-state index in [0.717, 1.165) is 11.3 Å². The summed E-state index contributed by atoms with van der Waals surface area (Å²) in [6.45, 7) is 5.19. The molecular formula is C25H27N3O3. The van der Waals surface area contributed by atoms with Gasteiger partial charge < -0.3 is 14.5 Å². The van der Waals surface area contributed by atoms with Crippen LogP contribution in [0.1, 0.15) is 30.9 Å². The van der Waals surface area contributed by atoms with E-state index in [1.54, 1.807) is 29.2 Å². The van der Waals surface area contributed by atoms with E-state index in [1.165, 1.54) is 5.56 Å². The molecule has 0 N–H and O–H groups in total. The fourth-order valence-corrected chi connectivity index (χ4v) is 5.14. The zero-order chi connectivity index (χ0) is 21.8. The number of carbonyl (C=O) groups excluding carboxylic acids is 2. The second-order valence-electron chi connectivity index (χ2n) is 9.13. The van der Waals surface area contributed by atoms with Gasteiger partial charge in [-0.05, 0) is 35.2 Å². The van der Waals surface area contributed by atoms with Crippen LogP contribution in [0.2, 0.25) is 0 Å². The van der Waals surface area contributed by atoms with E-state index in [-0.39, 0.29) is 17.9 Å². The molecule has 1 aromatic heterocycles. The minimum atomic E-state index is -0.714. The van der Waals surface area contributed by atoms with Crippen molar-refractivity contribution < 1.29 is 14.3 Å². The molecule has 2 amide bonds. The van der Waals surface area contributed by atoms with E-state index in [4.69, 9.17) is 4.74 Å². The Balaban J connectivity index is 1.39. The maximum atomic E-state index is 13.5. The molecule has 6 heteroatoms. The Hall–Kier alpha value is -2.99. The third kappa shape index (κ3) is 3.17. The van der Waals surface area contributed by atoms with Gasteiger partial charge in [-0.1, -0.05) is 44.2 Å². The van der Waals surface area contributed by atoms with Gasteiger partial charge in [0.05, 0.1) is 24.5 Å². The van der Waals surface area contributed by atoms with Crippen LogP contribution in [-0.4, -0.2) is 47.0 Å². The highest BCUT2D eigenvalue weighted by Crippen LogP contribution is 2.53. The Morgan fingerprint density at radius 2 is 2.06 bits per heavy atom. The van der Waals surface area contributed by atoms with Crippen molar-refractivity contribution in [2.75, 3.05) is 18.5 Å². The lowest BCUT2D eigenvalue weighted by molar-refractivity contribution is -0.139. The monoisotopic (exact) mass is 417 g/mol.